The average Bonchev–Trinajstić information content (AvgIpc) is 3.01. The van der Waals surface area contributed by atoms with Crippen LogP contribution in [0.3, 0.4) is 0 Å². The van der Waals surface area contributed by atoms with E-state index in [-0.39, 0.29) is 11.9 Å². The molecule has 0 aliphatic carbocycles. The van der Waals surface area contributed by atoms with Gasteiger partial charge in [0.25, 0.3) is 5.91 Å². The maximum atomic E-state index is 12.7. The molecule has 1 unspecified atom stereocenters. The maximum Gasteiger partial charge on any atom is 0.293 e. The topological polar surface area (TPSA) is 51.7 Å². The van der Waals surface area contributed by atoms with Gasteiger partial charge in [-0.05, 0) is 26.2 Å². The second kappa shape index (κ2) is 5.83. The summed E-state index contributed by atoms with van der Waals surface area (Å²) in [4.78, 5) is 19.0. The van der Waals surface area contributed by atoms with Crippen LogP contribution in [0.25, 0.3) is 0 Å². The number of rotatable bonds is 2. The fourth-order valence-electron chi connectivity index (χ4n) is 2.68. The normalized spacial score (nSPS) is 23.2. The first kappa shape index (κ1) is 13.4. The number of hydrogen-bond acceptors (Lipinski definition) is 5. The summed E-state index contributed by atoms with van der Waals surface area (Å²) in [6.45, 7) is 3.49. The van der Waals surface area contributed by atoms with E-state index in [1.807, 2.05) is 10.3 Å². The first-order valence-electron chi connectivity index (χ1n) is 6.94. The van der Waals surface area contributed by atoms with Gasteiger partial charge in [-0.3, -0.25) is 4.79 Å². The monoisotopic (exact) mass is 294 g/mol. The molecule has 1 aromatic rings. The van der Waals surface area contributed by atoms with E-state index in [0.717, 1.165) is 30.8 Å². The van der Waals surface area contributed by atoms with Gasteiger partial charge in [-0.25, -0.2) is 4.98 Å². The zero-order valence-electron chi connectivity index (χ0n) is 11.5. The van der Waals surface area contributed by atoms with Crippen LogP contribution in [-0.2, 0) is 14.3 Å². The van der Waals surface area contributed by atoms with Gasteiger partial charge in [0.15, 0.2) is 0 Å². The summed E-state index contributed by atoms with van der Waals surface area (Å²) in [6.07, 6.45) is 4.92. The summed E-state index contributed by atoms with van der Waals surface area (Å²) in [7, 11) is 0. The van der Waals surface area contributed by atoms with E-state index in [1.54, 1.807) is 24.5 Å². The lowest BCUT2D eigenvalue weighted by atomic mass is 10.0. The van der Waals surface area contributed by atoms with Crippen molar-refractivity contribution in [3.8, 4) is 0 Å². The molecular weight excluding hydrogens is 276 g/mol. The second-order valence-corrected chi connectivity index (χ2v) is 5.89. The molecule has 3 heterocycles. The van der Waals surface area contributed by atoms with Crippen molar-refractivity contribution >= 4 is 17.2 Å². The Morgan fingerprint density at radius 2 is 2.25 bits per heavy atom. The fraction of sp³-hybridized carbons (Fsp3) is 0.571. The van der Waals surface area contributed by atoms with Gasteiger partial charge in [0.2, 0.25) is 5.76 Å². The summed E-state index contributed by atoms with van der Waals surface area (Å²) >= 11 is 1.60. The van der Waals surface area contributed by atoms with E-state index in [0.29, 0.717) is 24.7 Å². The Balaban J connectivity index is 1.84. The van der Waals surface area contributed by atoms with E-state index in [1.165, 1.54) is 0 Å². The van der Waals surface area contributed by atoms with Crippen molar-refractivity contribution in [2.75, 3.05) is 19.8 Å². The molecule has 0 radical (unpaired) electrons. The lowest BCUT2D eigenvalue weighted by Crippen LogP contribution is -2.40. The summed E-state index contributed by atoms with van der Waals surface area (Å²) in [5, 5.41) is 2.96. The molecular formula is C14H18N2O3S. The van der Waals surface area contributed by atoms with Crippen LogP contribution >= 0.6 is 11.3 Å². The number of likely N-dealkylation sites (tertiary alicyclic amines) is 1. The minimum absolute atomic E-state index is 0.0675. The summed E-state index contributed by atoms with van der Waals surface area (Å²) < 4.78 is 10.9. The zero-order chi connectivity index (χ0) is 13.9. The average molecular weight is 294 g/mol. The molecule has 6 heteroatoms. The number of aromatic nitrogens is 1. The molecule has 1 fully saturated rings. The minimum Gasteiger partial charge on any atom is -0.491 e. The highest BCUT2D eigenvalue weighted by Gasteiger charge is 2.34. The number of carbonyl (C=O) groups is 1. The van der Waals surface area contributed by atoms with Crippen molar-refractivity contribution < 1.29 is 14.3 Å². The second-order valence-electron chi connectivity index (χ2n) is 4.96. The first-order chi connectivity index (χ1) is 9.77. The van der Waals surface area contributed by atoms with Gasteiger partial charge >= 0.3 is 0 Å². The van der Waals surface area contributed by atoms with Gasteiger partial charge in [-0.15, -0.1) is 11.3 Å². The standard InChI is InChI=1S/C14H18N2O3S/c1-10-12(19-8-7-18-10)14(17)16-6-3-2-4-11(16)13-15-5-9-20-13/h5,9,11H,2-4,6-8H2,1H3. The Morgan fingerprint density at radius 3 is 3.00 bits per heavy atom. The fourth-order valence-corrected chi connectivity index (χ4v) is 3.46. The van der Waals surface area contributed by atoms with Crippen LogP contribution in [0.2, 0.25) is 0 Å². The molecule has 2 aliphatic rings. The highest BCUT2D eigenvalue weighted by molar-refractivity contribution is 7.09. The molecule has 3 rings (SSSR count). The number of nitrogens with zero attached hydrogens (tertiary/aromatic N) is 2. The maximum absolute atomic E-state index is 12.7. The van der Waals surface area contributed by atoms with Gasteiger partial charge in [0.1, 0.15) is 24.0 Å². The quantitative estimate of drug-likeness (QED) is 0.841. The lowest BCUT2D eigenvalue weighted by molar-refractivity contribution is -0.136. The summed E-state index contributed by atoms with van der Waals surface area (Å²) in [6, 6.07) is 0.0714. The van der Waals surface area contributed by atoms with Crippen LogP contribution < -0.4 is 0 Å². The predicted molar refractivity (Wildman–Crippen MR) is 75.0 cm³/mol. The van der Waals surface area contributed by atoms with E-state index >= 15 is 0 Å². The Bertz CT molecular complexity index is 512. The van der Waals surface area contributed by atoms with Crippen molar-refractivity contribution in [1.82, 2.24) is 9.88 Å². The third kappa shape index (κ3) is 2.52. The van der Waals surface area contributed by atoms with Crippen LogP contribution in [0.4, 0.5) is 0 Å². The van der Waals surface area contributed by atoms with Crippen LogP contribution in [-0.4, -0.2) is 35.5 Å². The molecule has 0 aromatic carbocycles. The van der Waals surface area contributed by atoms with Crippen molar-refractivity contribution in [3.05, 3.63) is 28.1 Å². The predicted octanol–water partition coefficient (Wildman–Crippen LogP) is 2.48. The molecule has 1 aromatic heterocycles. The number of ether oxygens (including phenoxy) is 2. The lowest BCUT2D eigenvalue weighted by Gasteiger charge is -2.35. The van der Waals surface area contributed by atoms with E-state index in [9.17, 15) is 4.79 Å². The van der Waals surface area contributed by atoms with Crippen LogP contribution in [0.15, 0.2) is 23.1 Å². The Hall–Kier alpha value is -1.56. The Kier molecular flexibility index (Phi) is 3.91. The van der Waals surface area contributed by atoms with Gasteiger partial charge in [0.05, 0.1) is 6.04 Å². The molecule has 20 heavy (non-hydrogen) atoms. The zero-order valence-corrected chi connectivity index (χ0v) is 12.3. The molecule has 0 saturated carbocycles. The molecule has 0 bridgehead atoms. The summed E-state index contributed by atoms with van der Waals surface area (Å²) in [5.74, 6) is 0.881. The van der Waals surface area contributed by atoms with E-state index in [2.05, 4.69) is 4.98 Å². The first-order valence-corrected chi connectivity index (χ1v) is 7.82. The minimum atomic E-state index is -0.0675. The van der Waals surface area contributed by atoms with Gasteiger partial charge in [0, 0.05) is 18.1 Å². The van der Waals surface area contributed by atoms with Crippen molar-refractivity contribution in [2.45, 2.75) is 32.2 Å². The third-order valence-corrected chi connectivity index (χ3v) is 4.54. The van der Waals surface area contributed by atoms with Crippen LogP contribution in [0.1, 0.15) is 37.2 Å². The van der Waals surface area contributed by atoms with E-state index in [4.69, 9.17) is 9.47 Å². The number of piperidine rings is 1. The van der Waals surface area contributed by atoms with Crippen molar-refractivity contribution in [2.24, 2.45) is 0 Å². The van der Waals surface area contributed by atoms with Gasteiger partial charge in [-0.1, -0.05) is 0 Å². The highest BCUT2D eigenvalue weighted by Crippen LogP contribution is 2.33. The third-order valence-electron chi connectivity index (χ3n) is 3.66. The van der Waals surface area contributed by atoms with Gasteiger partial charge in [-0.2, -0.15) is 0 Å². The summed E-state index contributed by atoms with van der Waals surface area (Å²) in [5.41, 5.74) is 0. The molecule has 2 aliphatic heterocycles. The largest absolute Gasteiger partial charge is 0.491 e. The number of hydrogen-bond donors (Lipinski definition) is 0. The molecule has 1 amide bonds. The van der Waals surface area contributed by atoms with Crippen LogP contribution in [0.5, 0.6) is 0 Å². The Labute approximate surface area is 122 Å². The number of thiazole rings is 1. The number of carbonyl (C=O) groups excluding carboxylic acids is 1. The number of allylic oxidation sites excluding steroid dienone is 1. The van der Waals surface area contributed by atoms with Crippen molar-refractivity contribution in [3.63, 3.8) is 0 Å². The molecule has 108 valence electrons. The highest BCUT2D eigenvalue weighted by atomic mass is 32.1. The van der Waals surface area contributed by atoms with Crippen LogP contribution in [0, 0.1) is 0 Å². The number of amides is 1. The van der Waals surface area contributed by atoms with Gasteiger partial charge < -0.3 is 14.4 Å². The van der Waals surface area contributed by atoms with E-state index < -0.39 is 0 Å². The molecule has 1 atom stereocenters. The van der Waals surface area contributed by atoms with Crippen molar-refractivity contribution in [1.29, 1.82) is 0 Å². The Morgan fingerprint density at radius 1 is 1.40 bits per heavy atom. The smallest absolute Gasteiger partial charge is 0.293 e. The molecule has 5 nitrogen and oxygen atoms in total. The molecule has 1 saturated heterocycles. The molecule has 0 N–H and O–H groups in total. The molecule has 0 spiro atoms. The SMILES string of the molecule is CC1=C(C(=O)N2CCCCC2c2nccs2)OCCO1.